The molecular formula is C13H14ClNO3. The zero-order valence-electron chi connectivity index (χ0n) is 10.1. The Bertz CT molecular complexity index is 454. The first-order valence-electron chi connectivity index (χ1n) is 5.65. The molecule has 0 spiro atoms. The summed E-state index contributed by atoms with van der Waals surface area (Å²) in [6.45, 7) is 2.27. The lowest BCUT2D eigenvalue weighted by atomic mass is 10.2. The van der Waals surface area contributed by atoms with E-state index in [0.717, 1.165) is 12.8 Å². The monoisotopic (exact) mass is 267 g/mol. The van der Waals surface area contributed by atoms with Crippen LogP contribution in [0.4, 0.5) is 0 Å². The van der Waals surface area contributed by atoms with Crippen molar-refractivity contribution < 1.29 is 14.3 Å². The van der Waals surface area contributed by atoms with Crippen molar-refractivity contribution in [2.75, 3.05) is 13.2 Å². The summed E-state index contributed by atoms with van der Waals surface area (Å²) in [6, 6.07) is 6.57. The summed E-state index contributed by atoms with van der Waals surface area (Å²) in [4.78, 5) is 11.3. The van der Waals surface area contributed by atoms with Crippen molar-refractivity contribution in [1.82, 2.24) is 0 Å². The number of hydrogen-bond acceptors (Lipinski definition) is 4. The van der Waals surface area contributed by atoms with E-state index in [0.29, 0.717) is 22.9 Å². The molecule has 5 heteroatoms. The van der Waals surface area contributed by atoms with Gasteiger partial charge < -0.3 is 9.47 Å². The van der Waals surface area contributed by atoms with Crippen LogP contribution in [0.25, 0.3) is 0 Å². The molecule has 0 saturated heterocycles. The lowest BCUT2D eigenvalue weighted by Gasteiger charge is -2.07. The van der Waals surface area contributed by atoms with Crippen LogP contribution < -0.4 is 4.74 Å². The van der Waals surface area contributed by atoms with Gasteiger partial charge in [-0.3, -0.25) is 0 Å². The van der Waals surface area contributed by atoms with Gasteiger partial charge in [0.05, 0.1) is 17.2 Å². The van der Waals surface area contributed by atoms with Crippen LogP contribution in [0.3, 0.4) is 0 Å². The van der Waals surface area contributed by atoms with Gasteiger partial charge >= 0.3 is 5.97 Å². The summed E-state index contributed by atoms with van der Waals surface area (Å²) in [7, 11) is 0. The third kappa shape index (κ3) is 4.64. The Morgan fingerprint density at radius 3 is 2.89 bits per heavy atom. The van der Waals surface area contributed by atoms with Crippen LogP contribution in [0, 0.1) is 11.3 Å². The number of rotatable bonds is 6. The van der Waals surface area contributed by atoms with Crippen LogP contribution in [0.2, 0.25) is 5.02 Å². The molecule has 0 saturated carbocycles. The van der Waals surface area contributed by atoms with Crippen LogP contribution in [0.1, 0.15) is 25.3 Å². The first-order valence-corrected chi connectivity index (χ1v) is 6.03. The Labute approximate surface area is 111 Å². The fourth-order valence-electron chi connectivity index (χ4n) is 1.19. The van der Waals surface area contributed by atoms with Gasteiger partial charge in [-0.2, -0.15) is 5.26 Å². The number of hydrogen-bond donors (Lipinski definition) is 0. The average molecular weight is 268 g/mol. The summed E-state index contributed by atoms with van der Waals surface area (Å²) in [5.41, 5.74) is 0.370. The zero-order valence-corrected chi connectivity index (χ0v) is 10.9. The minimum atomic E-state index is -0.413. The van der Waals surface area contributed by atoms with Crippen molar-refractivity contribution in [3.8, 4) is 11.8 Å². The molecule has 18 heavy (non-hydrogen) atoms. The number of esters is 1. The molecule has 0 bridgehead atoms. The Morgan fingerprint density at radius 2 is 2.28 bits per heavy atom. The third-order valence-corrected chi connectivity index (χ3v) is 2.49. The molecule has 0 atom stereocenters. The van der Waals surface area contributed by atoms with E-state index in [9.17, 15) is 4.79 Å². The highest BCUT2D eigenvalue weighted by molar-refractivity contribution is 6.31. The normalized spacial score (nSPS) is 9.61. The van der Waals surface area contributed by atoms with Gasteiger partial charge in [-0.05, 0) is 18.6 Å². The maximum atomic E-state index is 11.3. The number of benzene rings is 1. The summed E-state index contributed by atoms with van der Waals surface area (Å²) < 4.78 is 10.1. The molecule has 1 rings (SSSR count). The number of unbranched alkanes of at least 4 members (excludes halogenated alkanes) is 1. The number of carbonyl (C=O) groups is 1. The van der Waals surface area contributed by atoms with Crippen molar-refractivity contribution >= 4 is 17.6 Å². The van der Waals surface area contributed by atoms with Gasteiger partial charge in [-0.15, -0.1) is 0 Å². The first-order chi connectivity index (χ1) is 8.67. The summed E-state index contributed by atoms with van der Waals surface area (Å²) >= 11 is 5.83. The molecule has 0 fully saturated rings. The second-order valence-electron chi connectivity index (χ2n) is 3.62. The molecule has 0 unspecified atom stereocenters. The van der Waals surface area contributed by atoms with Gasteiger partial charge in [-0.1, -0.05) is 24.9 Å². The highest BCUT2D eigenvalue weighted by atomic mass is 35.5. The zero-order chi connectivity index (χ0) is 13.4. The van der Waals surface area contributed by atoms with Crippen molar-refractivity contribution in [2.45, 2.75) is 19.8 Å². The van der Waals surface area contributed by atoms with Gasteiger partial charge in [-0.25, -0.2) is 4.79 Å². The fourth-order valence-corrected chi connectivity index (χ4v) is 1.40. The number of ether oxygens (including phenoxy) is 2. The number of nitrogens with zero attached hydrogens (tertiary/aromatic N) is 1. The molecule has 0 aliphatic rings. The van der Waals surface area contributed by atoms with Crippen LogP contribution in [-0.2, 0) is 9.53 Å². The van der Waals surface area contributed by atoms with Crippen LogP contribution in [0.5, 0.6) is 5.75 Å². The predicted octanol–water partition coefficient (Wildman–Crippen LogP) is 2.93. The van der Waals surface area contributed by atoms with E-state index in [-0.39, 0.29) is 6.61 Å². The second kappa shape index (κ2) is 7.57. The van der Waals surface area contributed by atoms with E-state index in [1.54, 1.807) is 12.1 Å². The maximum Gasteiger partial charge on any atom is 0.344 e. The number of carbonyl (C=O) groups excluding carboxylic acids is 1. The lowest BCUT2D eigenvalue weighted by molar-refractivity contribution is -0.146. The molecule has 0 N–H and O–H groups in total. The third-order valence-electron chi connectivity index (χ3n) is 2.18. The van der Waals surface area contributed by atoms with Gasteiger partial charge in [0, 0.05) is 6.07 Å². The number of nitriles is 1. The van der Waals surface area contributed by atoms with Crippen molar-refractivity contribution in [3.63, 3.8) is 0 Å². The average Bonchev–Trinajstić information content (AvgIpc) is 2.37. The molecule has 4 nitrogen and oxygen atoms in total. The van der Waals surface area contributed by atoms with Gasteiger partial charge in [0.15, 0.2) is 6.61 Å². The van der Waals surface area contributed by atoms with Crippen LogP contribution in [-0.4, -0.2) is 19.2 Å². The molecule has 0 aliphatic heterocycles. The van der Waals surface area contributed by atoms with E-state index in [4.69, 9.17) is 26.3 Å². The van der Waals surface area contributed by atoms with Gasteiger partial charge in [0.1, 0.15) is 11.8 Å². The summed E-state index contributed by atoms with van der Waals surface area (Å²) in [5.74, 6) is 0.0235. The minimum absolute atomic E-state index is 0.161. The molecule has 0 aliphatic carbocycles. The van der Waals surface area contributed by atoms with E-state index in [1.165, 1.54) is 6.07 Å². The summed E-state index contributed by atoms with van der Waals surface area (Å²) in [6.07, 6.45) is 1.81. The fraction of sp³-hybridized carbons (Fsp3) is 0.385. The Morgan fingerprint density at radius 1 is 1.50 bits per heavy atom. The standard InChI is InChI=1S/C13H14ClNO3/c1-2-3-6-17-13(16)9-18-11-5-4-10(8-15)12(14)7-11/h4-5,7H,2-3,6,9H2,1H3. The van der Waals surface area contributed by atoms with Crippen LogP contribution in [0.15, 0.2) is 18.2 Å². The quantitative estimate of drug-likeness (QED) is 0.587. The lowest BCUT2D eigenvalue weighted by Crippen LogP contribution is -2.15. The van der Waals surface area contributed by atoms with Crippen molar-refractivity contribution in [2.24, 2.45) is 0 Å². The van der Waals surface area contributed by atoms with Crippen LogP contribution >= 0.6 is 11.6 Å². The molecule has 0 aromatic heterocycles. The predicted molar refractivity (Wildman–Crippen MR) is 67.5 cm³/mol. The molecule has 0 heterocycles. The molecule has 1 aromatic carbocycles. The maximum absolute atomic E-state index is 11.3. The first kappa shape index (κ1) is 14.3. The van der Waals surface area contributed by atoms with E-state index < -0.39 is 5.97 Å². The van der Waals surface area contributed by atoms with E-state index >= 15 is 0 Å². The Kier molecular flexibility index (Phi) is 6.03. The van der Waals surface area contributed by atoms with Crippen molar-refractivity contribution in [1.29, 1.82) is 5.26 Å². The Balaban J connectivity index is 2.42. The molecule has 0 radical (unpaired) electrons. The smallest absolute Gasteiger partial charge is 0.344 e. The van der Waals surface area contributed by atoms with E-state index in [2.05, 4.69) is 0 Å². The molecule has 96 valence electrons. The SMILES string of the molecule is CCCCOC(=O)COc1ccc(C#N)c(Cl)c1. The Hall–Kier alpha value is -1.73. The highest BCUT2D eigenvalue weighted by Gasteiger charge is 2.06. The molecule has 1 aromatic rings. The van der Waals surface area contributed by atoms with E-state index in [1.807, 2.05) is 13.0 Å². The number of halogens is 1. The van der Waals surface area contributed by atoms with Crippen molar-refractivity contribution in [3.05, 3.63) is 28.8 Å². The van der Waals surface area contributed by atoms with Gasteiger partial charge in [0.2, 0.25) is 0 Å². The highest BCUT2D eigenvalue weighted by Crippen LogP contribution is 2.21. The molecular weight excluding hydrogens is 254 g/mol. The topological polar surface area (TPSA) is 59.3 Å². The second-order valence-corrected chi connectivity index (χ2v) is 4.02. The molecule has 0 amide bonds. The largest absolute Gasteiger partial charge is 0.482 e. The van der Waals surface area contributed by atoms with Gasteiger partial charge in [0.25, 0.3) is 0 Å². The minimum Gasteiger partial charge on any atom is -0.482 e. The summed E-state index contributed by atoms with van der Waals surface area (Å²) in [5, 5.41) is 9.00.